The Morgan fingerprint density at radius 2 is 1.96 bits per heavy atom. The van der Waals surface area contributed by atoms with E-state index in [-0.39, 0.29) is 5.75 Å². The molecule has 5 nitrogen and oxygen atoms in total. The highest BCUT2D eigenvalue weighted by molar-refractivity contribution is 7.92. The van der Waals surface area contributed by atoms with Crippen molar-refractivity contribution in [3.05, 3.63) is 59.7 Å². The van der Waals surface area contributed by atoms with E-state index in [1.54, 1.807) is 25.3 Å². The summed E-state index contributed by atoms with van der Waals surface area (Å²) in [6.07, 6.45) is 1.02. The molecule has 0 radical (unpaired) electrons. The van der Waals surface area contributed by atoms with Gasteiger partial charge in [-0.2, -0.15) is 0 Å². The van der Waals surface area contributed by atoms with E-state index in [9.17, 15) is 13.5 Å². The number of aliphatic hydroxyl groups excluding tert-OH is 1. The van der Waals surface area contributed by atoms with E-state index in [1.165, 1.54) is 4.31 Å². The maximum Gasteiger partial charge on any atom is 0.235 e. The highest BCUT2D eigenvalue weighted by Gasteiger charge is 2.31. The van der Waals surface area contributed by atoms with Crippen molar-refractivity contribution in [1.82, 2.24) is 0 Å². The van der Waals surface area contributed by atoms with Gasteiger partial charge in [0, 0.05) is 12.1 Å². The summed E-state index contributed by atoms with van der Waals surface area (Å²) < 4.78 is 32.2. The molecule has 6 heteroatoms. The standard InChI is InChI=1S/C19H23NO4S/c1-24-16-9-10-18-17(14-16)19(21)11-12-20(18)25(22,23)13-5-8-15-6-3-2-4-7-15/h2-4,6-7,9-10,14,19,21H,5,8,11-13H2,1H3. The van der Waals surface area contributed by atoms with Crippen LogP contribution < -0.4 is 9.04 Å². The molecule has 1 aliphatic heterocycles. The third-order valence-electron chi connectivity index (χ3n) is 4.51. The molecule has 0 saturated heterocycles. The third-order valence-corrected chi connectivity index (χ3v) is 6.37. The molecule has 2 aromatic rings. The molecule has 0 amide bonds. The van der Waals surface area contributed by atoms with E-state index in [1.807, 2.05) is 30.3 Å². The molecular formula is C19H23NO4S. The van der Waals surface area contributed by atoms with Gasteiger partial charge in [0.05, 0.1) is 24.7 Å². The molecule has 1 N–H and O–H groups in total. The van der Waals surface area contributed by atoms with Gasteiger partial charge in [-0.25, -0.2) is 8.42 Å². The normalized spacial score (nSPS) is 17.2. The number of aryl methyl sites for hydroxylation is 1. The van der Waals surface area contributed by atoms with Crippen LogP contribution in [0.5, 0.6) is 5.75 Å². The zero-order valence-corrected chi connectivity index (χ0v) is 15.1. The molecule has 1 heterocycles. The average molecular weight is 361 g/mol. The Hall–Kier alpha value is -2.05. The molecule has 25 heavy (non-hydrogen) atoms. The number of sulfonamides is 1. The highest BCUT2D eigenvalue weighted by atomic mass is 32.2. The molecular weight excluding hydrogens is 338 g/mol. The Morgan fingerprint density at radius 1 is 1.20 bits per heavy atom. The molecule has 0 fully saturated rings. The van der Waals surface area contributed by atoms with Crippen LogP contribution in [0.15, 0.2) is 48.5 Å². The van der Waals surface area contributed by atoms with Crippen LogP contribution in [-0.2, 0) is 16.4 Å². The maximum atomic E-state index is 12.8. The predicted octanol–water partition coefficient (Wildman–Crippen LogP) is 2.90. The molecule has 0 aliphatic carbocycles. The lowest BCUT2D eigenvalue weighted by molar-refractivity contribution is 0.166. The minimum atomic E-state index is -3.43. The van der Waals surface area contributed by atoms with Crippen LogP contribution in [0.1, 0.15) is 30.1 Å². The quantitative estimate of drug-likeness (QED) is 0.859. The lowest BCUT2D eigenvalue weighted by atomic mass is 10.0. The minimum Gasteiger partial charge on any atom is -0.497 e. The fourth-order valence-corrected chi connectivity index (χ4v) is 4.75. The van der Waals surface area contributed by atoms with Gasteiger partial charge < -0.3 is 9.84 Å². The van der Waals surface area contributed by atoms with Gasteiger partial charge in [-0.15, -0.1) is 0 Å². The zero-order chi connectivity index (χ0) is 17.9. The van der Waals surface area contributed by atoms with Crippen molar-refractivity contribution in [2.45, 2.75) is 25.4 Å². The number of hydrogen-bond acceptors (Lipinski definition) is 4. The lowest BCUT2D eigenvalue weighted by Gasteiger charge is -2.33. The topological polar surface area (TPSA) is 66.8 Å². The monoisotopic (exact) mass is 361 g/mol. The van der Waals surface area contributed by atoms with Gasteiger partial charge in [-0.3, -0.25) is 4.31 Å². The Bertz CT molecular complexity index is 821. The number of hydrogen-bond donors (Lipinski definition) is 1. The third kappa shape index (κ3) is 3.96. The fraction of sp³-hybridized carbons (Fsp3) is 0.368. The summed E-state index contributed by atoms with van der Waals surface area (Å²) in [4.78, 5) is 0. The second-order valence-electron chi connectivity index (χ2n) is 6.21. The molecule has 134 valence electrons. The first-order valence-electron chi connectivity index (χ1n) is 8.41. The van der Waals surface area contributed by atoms with Crippen molar-refractivity contribution in [3.8, 4) is 5.75 Å². The molecule has 2 aromatic carbocycles. The number of nitrogens with zero attached hydrogens (tertiary/aromatic N) is 1. The molecule has 0 aromatic heterocycles. The SMILES string of the molecule is COc1ccc2c(c1)C(O)CCN2S(=O)(=O)CCCc1ccccc1. The van der Waals surface area contributed by atoms with Crippen LogP contribution in [0.3, 0.4) is 0 Å². The summed E-state index contributed by atoms with van der Waals surface area (Å²) in [5.74, 6) is 0.699. The largest absolute Gasteiger partial charge is 0.497 e. The van der Waals surface area contributed by atoms with Crippen molar-refractivity contribution >= 4 is 15.7 Å². The van der Waals surface area contributed by atoms with Crippen molar-refractivity contribution < 1.29 is 18.3 Å². The van der Waals surface area contributed by atoms with E-state index >= 15 is 0 Å². The minimum absolute atomic E-state index is 0.0868. The van der Waals surface area contributed by atoms with E-state index in [0.717, 1.165) is 12.0 Å². The van der Waals surface area contributed by atoms with Crippen molar-refractivity contribution in [2.75, 3.05) is 23.7 Å². The molecule has 3 rings (SSSR count). The second kappa shape index (κ2) is 7.45. The van der Waals surface area contributed by atoms with Gasteiger partial charge in [0.15, 0.2) is 0 Å². The summed E-state index contributed by atoms with van der Waals surface area (Å²) in [6, 6.07) is 15.0. The Balaban J connectivity index is 1.75. The first-order valence-corrected chi connectivity index (χ1v) is 10.0. The first kappa shape index (κ1) is 17.8. The van der Waals surface area contributed by atoms with Gasteiger partial charge in [0.1, 0.15) is 5.75 Å². The Kier molecular flexibility index (Phi) is 5.30. The molecule has 0 bridgehead atoms. The summed E-state index contributed by atoms with van der Waals surface area (Å²) in [7, 11) is -1.88. The number of fused-ring (bicyclic) bond motifs is 1. The number of rotatable bonds is 6. The summed E-state index contributed by atoms with van der Waals surface area (Å²) in [5, 5.41) is 10.2. The van der Waals surface area contributed by atoms with Gasteiger partial charge in [-0.05, 0) is 43.0 Å². The molecule has 1 aliphatic rings. The molecule has 0 spiro atoms. The van der Waals surface area contributed by atoms with Crippen molar-refractivity contribution in [2.24, 2.45) is 0 Å². The summed E-state index contributed by atoms with van der Waals surface area (Å²) >= 11 is 0. The number of ether oxygens (including phenoxy) is 1. The van der Waals surface area contributed by atoms with E-state index in [4.69, 9.17) is 4.74 Å². The van der Waals surface area contributed by atoms with Crippen LogP contribution in [0.25, 0.3) is 0 Å². The van der Waals surface area contributed by atoms with E-state index in [0.29, 0.717) is 36.4 Å². The number of aliphatic hydroxyl groups is 1. The van der Waals surface area contributed by atoms with Crippen LogP contribution >= 0.6 is 0 Å². The number of methoxy groups -OCH3 is 1. The van der Waals surface area contributed by atoms with Gasteiger partial charge in [0.2, 0.25) is 10.0 Å². The average Bonchev–Trinajstić information content (AvgIpc) is 2.62. The van der Waals surface area contributed by atoms with Crippen LogP contribution in [0, 0.1) is 0 Å². The first-order chi connectivity index (χ1) is 12.0. The number of benzene rings is 2. The zero-order valence-electron chi connectivity index (χ0n) is 14.3. The Labute approximate surface area is 148 Å². The summed E-state index contributed by atoms with van der Waals surface area (Å²) in [6.45, 7) is 0.300. The fourth-order valence-electron chi connectivity index (χ4n) is 3.17. The molecule has 1 unspecified atom stereocenters. The molecule has 1 atom stereocenters. The van der Waals surface area contributed by atoms with Crippen LogP contribution in [-0.4, -0.2) is 32.9 Å². The highest BCUT2D eigenvalue weighted by Crippen LogP contribution is 2.37. The predicted molar refractivity (Wildman–Crippen MR) is 98.5 cm³/mol. The van der Waals surface area contributed by atoms with Crippen LogP contribution in [0.4, 0.5) is 5.69 Å². The summed E-state index contributed by atoms with van der Waals surface area (Å²) in [5.41, 5.74) is 2.30. The van der Waals surface area contributed by atoms with Crippen molar-refractivity contribution in [3.63, 3.8) is 0 Å². The Morgan fingerprint density at radius 3 is 2.68 bits per heavy atom. The van der Waals surface area contributed by atoms with Gasteiger partial charge in [-0.1, -0.05) is 30.3 Å². The lowest BCUT2D eigenvalue weighted by Crippen LogP contribution is -2.38. The molecule has 0 saturated carbocycles. The van der Waals surface area contributed by atoms with E-state index < -0.39 is 16.1 Å². The number of anilines is 1. The smallest absolute Gasteiger partial charge is 0.235 e. The van der Waals surface area contributed by atoms with Crippen LogP contribution in [0.2, 0.25) is 0 Å². The second-order valence-corrected chi connectivity index (χ2v) is 8.22. The van der Waals surface area contributed by atoms with E-state index in [2.05, 4.69) is 0 Å². The van der Waals surface area contributed by atoms with Crippen molar-refractivity contribution in [1.29, 1.82) is 0 Å². The van der Waals surface area contributed by atoms with Gasteiger partial charge >= 0.3 is 0 Å². The van der Waals surface area contributed by atoms with Gasteiger partial charge in [0.25, 0.3) is 0 Å². The maximum absolute atomic E-state index is 12.8.